The minimum Gasteiger partial charge on any atom is -0.281 e. The molecule has 1 rings (SSSR count). The molecule has 1 atom stereocenters. The van der Waals surface area contributed by atoms with Gasteiger partial charge in [0.1, 0.15) is 4.05 Å². The zero-order valence-corrected chi connectivity index (χ0v) is 8.90. The Bertz CT molecular complexity index is 147. The van der Waals surface area contributed by atoms with Crippen LogP contribution in [0.4, 0.5) is 0 Å². The van der Waals surface area contributed by atoms with Gasteiger partial charge in [-0.15, -0.1) is 29.1 Å². The van der Waals surface area contributed by atoms with Gasteiger partial charge in [0.15, 0.2) is 5.84 Å². The van der Waals surface area contributed by atoms with Crippen LogP contribution in [-0.2, 0) is 0 Å². The van der Waals surface area contributed by atoms with Crippen LogP contribution in [0.3, 0.4) is 0 Å². The predicted octanol–water partition coefficient (Wildman–Crippen LogP) is 2.36. The van der Waals surface area contributed by atoms with Crippen molar-refractivity contribution in [3.8, 4) is 0 Å². The van der Waals surface area contributed by atoms with Crippen molar-refractivity contribution in [3.63, 3.8) is 0 Å². The minimum absolute atomic E-state index is 0. The zero-order valence-electron chi connectivity index (χ0n) is 4.41. The second-order valence-corrected chi connectivity index (χ2v) is 2.61. The van der Waals surface area contributed by atoms with E-state index in [-0.39, 0.29) is 33.9 Å². The second-order valence-electron chi connectivity index (χ2n) is 1.33. The standard InChI is InChI=1S/C4H4IN3.HI/c5-3-1-2-4(6)8-7-3;/h1-3,6H;1H. The summed E-state index contributed by atoms with van der Waals surface area (Å²) in [5.41, 5.74) is 0. The number of nitrogens with zero attached hydrogens (tertiary/aromatic N) is 2. The van der Waals surface area contributed by atoms with Crippen molar-refractivity contribution < 1.29 is 0 Å². The first-order valence-corrected chi connectivity index (χ1v) is 3.35. The molecule has 0 spiro atoms. The summed E-state index contributed by atoms with van der Waals surface area (Å²) >= 11 is 2.12. The molecule has 0 saturated heterocycles. The van der Waals surface area contributed by atoms with Crippen molar-refractivity contribution >= 4 is 52.4 Å². The lowest BCUT2D eigenvalue weighted by atomic mass is 10.4. The molecule has 9 heavy (non-hydrogen) atoms. The Morgan fingerprint density at radius 1 is 1.67 bits per heavy atom. The predicted molar refractivity (Wildman–Crippen MR) is 54.9 cm³/mol. The number of alkyl halides is 1. The van der Waals surface area contributed by atoms with Crippen LogP contribution in [0.25, 0.3) is 0 Å². The molecule has 0 aliphatic carbocycles. The van der Waals surface area contributed by atoms with E-state index >= 15 is 0 Å². The molecule has 1 aliphatic rings. The van der Waals surface area contributed by atoms with E-state index in [1.165, 1.54) is 0 Å². The third-order valence-electron chi connectivity index (χ3n) is 0.689. The Balaban J connectivity index is 0.000000640. The number of nitrogens with one attached hydrogen (secondary N) is 1. The van der Waals surface area contributed by atoms with Gasteiger partial charge in [0.25, 0.3) is 0 Å². The molecule has 0 radical (unpaired) electrons. The number of hydrogen-bond acceptors (Lipinski definition) is 2. The lowest BCUT2D eigenvalue weighted by molar-refractivity contribution is 1.04. The third-order valence-corrected chi connectivity index (χ3v) is 1.35. The first kappa shape index (κ1) is 9.47. The number of amidine groups is 1. The van der Waals surface area contributed by atoms with Crippen molar-refractivity contribution in [1.82, 2.24) is 0 Å². The highest BCUT2D eigenvalue weighted by Gasteiger charge is 1.99. The highest BCUT2D eigenvalue weighted by atomic mass is 127. The van der Waals surface area contributed by atoms with Crippen LogP contribution >= 0.6 is 46.6 Å². The molecule has 1 aliphatic heterocycles. The fraction of sp³-hybridized carbons (Fsp3) is 0.250. The second kappa shape index (κ2) is 4.31. The summed E-state index contributed by atoms with van der Waals surface area (Å²) in [4.78, 5) is 0. The molecule has 0 amide bonds. The van der Waals surface area contributed by atoms with Gasteiger partial charge >= 0.3 is 0 Å². The summed E-state index contributed by atoms with van der Waals surface area (Å²) in [5.74, 6) is 0.234. The molecule has 0 aromatic heterocycles. The van der Waals surface area contributed by atoms with E-state index in [1.54, 1.807) is 6.08 Å². The van der Waals surface area contributed by atoms with Crippen LogP contribution < -0.4 is 0 Å². The molecule has 0 aromatic rings. The average Bonchev–Trinajstić information content (AvgIpc) is 1.77. The van der Waals surface area contributed by atoms with Crippen LogP contribution in [0.1, 0.15) is 0 Å². The lowest BCUT2D eigenvalue weighted by Gasteiger charge is -1.97. The van der Waals surface area contributed by atoms with E-state index in [9.17, 15) is 0 Å². The number of halogens is 2. The van der Waals surface area contributed by atoms with Crippen LogP contribution in [-0.4, -0.2) is 9.88 Å². The summed E-state index contributed by atoms with van der Waals surface area (Å²) < 4.78 is 0.127. The van der Waals surface area contributed by atoms with E-state index < -0.39 is 0 Å². The lowest BCUT2D eigenvalue weighted by Crippen LogP contribution is -1.95. The Labute approximate surface area is 83.7 Å². The number of azo groups is 1. The van der Waals surface area contributed by atoms with Gasteiger partial charge < -0.3 is 0 Å². The van der Waals surface area contributed by atoms with Gasteiger partial charge in [0.2, 0.25) is 0 Å². The van der Waals surface area contributed by atoms with Gasteiger partial charge in [-0.2, -0.15) is 5.11 Å². The Morgan fingerprint density at radius 3 is 2.67 bits per heavy atom. The highest BCUT2D eigenvalue weighted by molar-refractivity contribution is 14.1. The average molecular weight is 349 g/mol. The first-order chi connectivity index (χ1) is 3.79. The molecule has 3 nitrogen and oxygen atoms in total. The topological polar surface area (TPSA) is 48.6 Å². The van der Waals surface area contributed by atoms with E-state index in [0.29, 0.717) is 0 Å². The summed E-state index contributed by atoms with van der Waals surface area (Å²) in [7, 11) is 0. The smallest absolute Gasteiger partial charge is 0.166 e. The molecule has 1 heterocycles. The van der Waals surface area contributed by atoms with E-state index in [0.717, 1.165) is 0 Å². The Kier molecular flexibility index (Phi) is 4.54. The molecule has 0 aromatic carbocycles. The SMILES string of the molecule is I.N=C1C=CC(I)N=N1. The quantitative estimate of drug-likeness (QED) is 0.397. The summed E-state index contributed by atoms with van der Waals surface area (Å²) in [6.45, 7) is 0. The summed E-state index contributed by atoms with van der Waals surface area (Å²) in [6, 6.07) is 0. The molecule has 0 saturated carbocycles. The van der Waals surface area contributed by atoms with E-state index in [2.05, 4.69) is 32.8 Å². The van der Waals surface area contributed by atoms with Crippen molar-refractivity contribution in [3.05, 3.63) is 12.2 Å². The van der Waals surface area contributed by atoms with Crippen LogP contribution in [0.2, 0.25) is 0 Å². The van der Waals surface area contributed by atoms with Gasteiger partial charge in [-0.05, 0) is 34.7 Å². The molecular weight excluding hydrogens is 344 g/mol. The molecule has 50 valence electrons. The van der Waals surface area contributed by atoms with Gasteiger partial charge in [0, 0.05) is 0 Å². The van der Waals surface area contributed by atoms with Crippen molar-refractivity contribution in [2.24, 2.45) is 10.2 Å². The summed E-state index contributed by atoms with van der Waals surface area (Å²) in [5, 5.41) is 14.2. The summed E-state index contributed by atoms with van der Waals surface area (Å²) in [6.07, 6.45) is 3.47. The molecule has 5 heteroatoms. The Hall–Kier alpha value is 0.470. The van der Waals surface area contributed by atoms with Crippen LogP contribution in [0.5, 0.6) is 0 Å². The van der Waals surface area contributed by atoms with Crippen LogP contribution in [0, 0.1) is 5.41 Å². The molecule has 0 bridgehead atoms. The number of hydrogen-bond donors (Lipinski definition) is 1. The molecular formula is C4H5I2N3. The van der Waals surface area contributed by atoms with Crippen molar-refractivity contribution in [1.29, 1.82) is 5.41 Å². The maximum Gasteiger partial charge on any atom is 0.166 e. The van der Waals surface area contributed by atoms with E-state index in [4.69, 9.17) is 5.41 Å². The molecule has 0 fully saturated rings. The van der Waals surface area contributed by atoms with Crippen molar-refractivity contribution in [2.45, 2.75) is 4.05 Å². The monoisotopic (exact) mass is 349 g/mol. The van der Waals surface area contributed by atoms with Crippen LogP contribution in [0.15, 0.2) is 22.4 Å². The zero-order chi connectivity index (χ0) is 5.98. The van der Waals surface area contributed by atoms with Crippen molar-refractivity contribution in [2.75, 3.05) is 0 Å². The first-order valence-electron chi connectivity index (χ1n) is 2.11. The third kappa shape index (κ3) is 3.23. The maximum absolute atomic E-state index is 6.93. The maximum atomic E-state index is 6.93. The minimum atomic E-state index is 0. The largest absolute Gasteiger partial charge is 0.281 e. The fourth-order valence-corrected chi connectivity index (χ4v) is 0.692. The molecule has 1 N–H and O–H groups in total. The van der Waals surface area contributed by atoms with E-state index in [1.807, 2.05) is 6.08 Å². The normalized spacial score (nSPS) is 23.7. The van der Waals surface area contributed by atoms with Gasteiger partial charge in [-0.1, -0.05) is 0 Å². The van der Waals surface area contributed by atoms with Gasteiger partial charge in [0.05, 0.1) is 0 Å². The fourth-order valence-electron chi connectivity index (χ4n) is 0.360. The highest BCUT2D eigenvalue weighted by Crippen LogP contribution is 2.08. The Morgan fingerprint density at radius 2 is 2.33 bits per heavy atom. The van der Waals surface area contributed by atoms with Gasteiger partial charge in [-0.3, -0.25) is 5.41 Å². The molecule has 1 unspecified atom stereocenters. The number of rotatable bonds is 0. The van der Waals surface area contributed by atoms with Gasteiger partial charge in [-0.25, -0.2) is 0 Å².